The molecule has 1 saturated carbocycles. The summed E-state index contributed by atoms with van der Waals surface area (Å²) in [6.45, 7) is 2.96. The van der Waals surface area contributed by atoms with Crippen molar-refractivity contribution >= 4 is 28.3 Å². The van der Waals surface area contributed by atoms with Crippen LogP contribution in [0.4, 0.5) is 24.7 Å². The molecule has 0 atom stereocenters. The van der Waals surface area contributed by atoms with E-state index in [1.807, 2.05) is 7.05 Å². The highest BCUT2D eigenvalue weighted by Gasteiger charge is 2.55. The number of alkyl halides is 3. The van der Waals surface area contributed by atoms with Crippen LogP contribution in [0.1, 0.15) is 12.8 Å². The average Bonchev–Trinajstić information content (AvgIpc) is 3.76. The van der Waals surface area contributed by atoms with Crippen LogP contribution in [0.5, 0.6) is 5.75 Å². The zero-order chi connectivity index (χ0) is 29.6. The van der Waals surface area contributed by atoms with E-state index in [9.17, 15) is 22.8 Å². The van der Waals surface area contributed by atoms with Crippen molar-refractivity contribution in [2.45, 2.75) is 24.7 Å². The van der Waals surface area contributed by atoms with Gasteiger partial charge in [-0.2, -0.15) is 0 Å². The Morgan fingerprint density at radius 3 is 2.40 bits per heavy atom. The smallest absolute Gasteiger partial charge is 0.404 e. The standard InChI is InChI=1S/C29H28F3N7O3/c1-37-10-12-38(13-11-37)28(8-9-28)27(41)36-23-15-20(4-6-24(23)42-29(30,31)32)39-17-35-22-14-18(2-5-21(22)26(39)40)19-3-7-25(33)34-16-19/h2-7,14-17H,8-13H2,1H3,(H2,33,34)(H,36,41). The summed E-state index contributed by atoms with van der Waals surface area (Å²) < 4.78 is 45.2. The molecule has 218 valence electrons. The third-order valence-corrected chi connectivity index (χ3v) is 7.85. The molecule has 42 heavy (non-hydrogen) atoms. The van der Waals surface area contributed by atoms with Crippen LogP contribution in [-0.2, 0) is 4.79 Å². The second kappa shape index (κ2) is 10.4. The first kappa shape index (κ1) is 27.7. The number of carbonyl (C=O) groups is 1. The van der Waals surface area contributed by atoms with Crippen LogP contribution in [0.15, 0.2) is 65.8 Å². The van der Waals surface area contributed by atoms with Gasteiger partial charge in [0.05, 0.1) is 22.3 Å². The lowest BCUT2D eigenvalue weighted by atomic mass is 10.1. The lowest BCUT2D eigenvalue weighted by molar-refractivity contribution is -0.274. The van der Waals surface area contributed by atoms with Gasteiger partial charge in [0, 0.05) is 37.9 Å². The predicted octanol–water partition coefficient (Wildman–Crippen LogP) is 3.65. The fourth-order valence-corrected chi connectivity index (χ4v) is 5.32. The summed E-state index contributed by atoms with van der Waals surface area (Å²) in [6.07, 6.45) is -0.837. The van der Waals surface area contributed by atoms with Crippen LogP contribution in [0.3, 0.4) is 0 Å². The number of fused-ring (bicyclic) bond motifs is 1. The van der Waals surface area contributed by atoms with E-state index in [0.717, 1.165) is 30.3 Å². The number of ether oxygens (including phenoxy) is 1. The molecule has 0 radical (unpaired) electrons. The van der Waals surface area contributed by atoms with Crippen molar-refractivity contribution in [1.82, 2.24) is 24.3 Å². The molecule has 2 aromatic carbocycles. The molecule has 1 aliphatic carbocycles. The summed E-state index contributed by atoms with van der Waals surface area (Å²) in [5, 5.41) is 2.97. The summed E-state index contributed by atoms with van der Waals surface area (Å²) in [5.41, 5.74) is 6.51. The maximum atomic E-state index is 13.5. The molecule has 0 spiro atoms. The second-order valence-electron chi connectivity index (χ2n) is 10.6. The van der Waals surface area contributed by atoms with Gasteiger partial charge in [0.2, 0.25) is 5.91 Å². The number of anilines is 2. The topological polar surface area (TPSA) is 119 Å². The molecule has 2 fully saturated rings. The molecular formula is C29H28F3N7O3. The van der Waals surface area contributed by atoms with Gasteiger partial charge in [-0.1, -0.05) is 6.07 Å². The van der Waals surface area contributed by atoms with E-state index in [1.54, 1.807) is 36.5 Å². The molecular weight excluding hydrogens is 551 g/mol. The quantitative estimate of drug-likeness (QED) is 0.356. The van der Waals surface area contributed by atoms with Gasteiger partial charge in [-0.05, 0) is 67.9 Å². The Bertz CT molecular complexity index is 1710. The highest BCUT2D eigenvalue weighted by Crippen LogP contribution is 2.44. The molecule has 0 unspecified atom stereocenters. The van der Waals surface area contributed by atoms with Crippen molar-refractivity contribution in [2.24, 2.45) is 0 Å². The van der Waals surface area contributed by atoms with Crippen molar-refractivity contribution in [3.8, 4) is 22.6 Å². The van der Waals surface area contributed by atoms with Gasteiger partial charge in [0.15, 0.2) is 5.75 Å². The van der Waals surface area contributed by atoms with Crippen molar-refractivity contribution in [2.75, 3.05) is 44.3 Å². The molecule has 10 nitrogen and oxygen atoms in total. The molecule has 2 aromatic heterocycles. The van der Waals surface area contributed by atoms with Crippen molar-refractivity contribution in [3.63, 3.8) is 0 Å². The fourth-order valence-electron chi connectivity index (χ4n) is 5.32. The number of piperazine rings is 1. The number of nitrogens with two attached hydrogens (primary N) is 1. The van der Waals surface area contributed by atoms with Crippen LogP contribution < -0.4 is 21.3 Å². The van der Waals surface area contributed by atoms with Crippen LogP contribution in [0.25, 0.3) is 27.7 Å². The predicted molar refractivity (Wildman–Crippen MR) is 151 cm³/mol. The lowest BCUT2D eigenvalue weighted by Crippen LogP contribution is -2.54. The number of halogens is 3. The first-order valence-corrected chi connectivity index (χ1v) is 13.4. The van der Waals surface area contributed by atoms with Crippen LogP contribution in [0.2, 0.25) is 0 Å². The first-order chi connectivity index (χ1) is 20.0. The van der Waals surface area contributed by atoms with Gasteiger partial charge in [0.1, 0.15) is 17.7 Å². The van der Waals surface area contributed by atoms with Gasteiger partial charge < -0.3 is 20.7 Å². The third-order valence-electron chi connectivity index (χ3n) is 7.85. The molecule has 3 N–H and O–H groups in total. The number of benzene rings is 2. The minimum Gasteiger partial charge on any atom is -0.404 e. The average molecular weight is 580 g/mol. The Hall–Kier alpha value is -4.49. The molecule has 0 bridgehead atoms. The van der Waals surface area contributed by atoms with Gasteiger partial charge in [-0.15, -0.1) is 13.2 Å². The van der Waals surface area contributed by atoms with E-state index in [-0.39, 0.29) is 11.4 Å². The van der Waals surface area contributed by atoms with Crippen LogP contribution >= 0.6 is 0 Å². The molecule has 13 heteroatoms. The maximum absolute atomic E-state index is 13.5. The zero-order valence-corrected chi connectivity index (χ0v) is 22.7. The van der Waals surface area contributed by atoms with Crippen molar-refractivity contribution in [3.05, 3.63) is 71.4 Å². The molecule has 1 amide bonds. The molecule has 4 aromatic rings. The largest absolute Gasteiger partial charge is 0.573 e. The number of amides is 1. The Morgan fingerprint density at radius 1 is 1.00 bits per heavy atom. The first-order valence-electron chi connectivity index (χ1n) is 13.4. The summed E-state index contributed by atoms with van der Waals surface area (Å²) in [7, 11) is 2.00. The van der Waals surface area contributed by atoms with E-state index in [0.29, 0.717) is 42.7 Å². The van der Waals surface area contributed by atoms with E-state index in [1.165, 1.54) is 23.0 Å². The molecule has 1 aliphatic heterocycles. The Balaban J connectivity index is 1.33. The van der Waals surface area contributed by atoms with Gasteiger partial charge in [-0.3, -0.25) is 19.1 Å². The number of hydrogen-bond acceptors (Lipinski definition) is 8. The zero-order valence-electron chi connectivity index (χ0n) is 22.7. The number of nitrogens with zero attached hydrogens (tertiary/aromatic N) is 5. The third kappa shape index (κ3) is 5.40. The number of pyridine rings is 1. The number of likely N-dealkylation sites (N-methyl/N-ethyl adjacent to an activating group) is 1. The summed E-state index contributed by atoms with van der Waals surface area (Å²) in [4.78, 5) is 39.7. The van der Waals surface area contributed by atoms with E-state index in [2.05, 4.69) is 29.8 Å². The number of nitrogens with one attached hydrogen (secondary N) is 1. The second-order valence-corrected chi connectivity index (χ2v) is 10.6. The number of rotatable bonds is 6. The SMILES string of the molecule is CN1CCN(C2(C(=O)Nc3cc(-n4cnc5cc(-c6ccc(N)nc6)ccc5c4=O)ccc3OC(F)(F)F)CC2)CC1. The van der Waals surface area contributed by atoms with Gasteiger partial charge in [0.25, 0.3) is 5.56 Å². The van der Waals surface area contributed by atoms with Crippen LogP contribution in [-0.4, -0.2) is 75.4 Å². The van der Waals surface area contributed by atoms with Gasteiger partial charge >= 0.3 is 6.36 Å². The number of aromatic nitrogens is 3. The van der Waals surface area contributed by atoms with Crippen molar-refractivity contribution < 1.29 is 22.7 Å². The minimum atomic E-state index is -4.98. The Labute approximate surface area is 238 Å². The van der Waals surface area contributed by atoms with Crippen LogP contribution in [0, 0.1) is 0 Å². The molecule has 2 aliphatic rings. The molecule has 3 heterocycles. The van der Waals surface area contributed by atoms with Gasteiger partial charge in [-0.25, -0.2) is 9.97 Å². The summed E-state index contributed by atoms with van der Waals surface area (Å²) in [5.74, 6) is -0.586. The molecule has 6 rings (SSSR count). The summed E-state index contributed by atoms with van der Waals surface area (Å²) in [6, 6.07) is 12.3. The normalized spacial score (nSPS) is 17.2. The minimum absolute atomic E-state index is 0.187. The lowest BCUT2D eigenvalue weighted by Gasteiger charge is -2.37. The Kier molecular flexibility index (Phi) is 6.86. The highest BCUT2D eigenvalue weighted by atomic mass is 19.4. The number of hydrogen-bond donors (Lipinski definition) is 2. The monoisotopic (exact) mass is 579 g/mol. The van der Waals surface area contributed by atoms with E-state index in [4.69, 9.17) is 5.73 Å². The number of nitrogen functional groups attached to an aromatic ring is 1. The summed E-state index contributed by atoms with van der Waals surface area (Å²) >= 11 is 0. The highest BCUT2D eigenvalue weighted by molar-refractivity contribution is 6.01. The fraction of sp³-hybridized carbons (Fsp3) is 0.310. The van der Waals surface area contributed by atoms with E-state index >= 15 is 0 Å². The van der Waals surface area contributed by atoms with E-state index < -0.39 is 29.1 Å². The van der Waals surface area contributed by atoms with Crippen molar-refractivity contribution in [1.29, 1.82) is 0 Å². The number of carbonyl (C=O) groups excluding carboxylic acids is 1. The maximum Gasteiger partial charge on any atom is 0.573 e. The Morgan fingerprint density at radius 2 is 1.74 bits per heavy atom. The molecule has 1 saturated heterocycles.